The van der Waals surface area contributed by atoms with E-state index in [1.807, 2.05) is 0 Å². The molecule has 0 saturated carbocycles. The summed E-state index contributed by atoms with van der Waals surface area (Å²) in [5.74, 6) is 0. The van der Waals surface area contributed by atoms with Gasteiger partial charge in [0.15, 0.2) is 0 Å². The van der Waals surface area contributed by atoms with E-state index in [1.165, 1.54) is 0 Å². The molecule has 0 aromatic rings. The van der Waals surface area contributed by atoms with Crippen molar-refractivity contribution in [3.05, 3.63) is 0 Å². The van der Waals surface area contributed by atoms with Crippen LogP contribution in [0.25, 0.3) is 0 Å². The molecule has 0 atom stereocenters. The largest absolute Gasteiger partial charge is 0.670 e. The Morgan fingerprint density at radius 1 is 1.25 bits per heavy atom. The van der Waals surface area contributed by atoms with Crippen LogP contribution in [0.1, 0.15) is 0 Å². The lowest BCUT2D eigenvalue weighted by atomic mass is 10.5. The Bertz CT molecular complexity index is 69.7. The maximum absolute atomic E-state index is 10.8. The van der Waals surface area contributed by atoms with E-state index in [2.05, 4.69) is 8.88 Å². The van der Waals surface area contributed by atoms with E-state index < -0.39 is 8.25 Å². The van der Waals surface area contributed by atoms with Gasteiger partial charge in [0.05, 0.1) is 0 Å². The van der Waals surface area contributed by atoms with E-state index in [1.54, 1.807) is 0 Å². The topological polar surface area (TPSA) is 35.5 Å². The minimum Gasteiger partial charge on any atom is -0.289 e. The summed E-state index contributed by atoms with van der Waals surface area (Å²) in [6, 6.07) is 0. The highest BCUT2D eigenvalue weighted by atomic mass is 31.1. The number of hydrogen-bond acceptors (Lipinski definition) is 3. The van der Waals surface area contributed by atoms with Gasteiger partial charge in [-0.1, -0.05) is 0 Å². The van der Waals surface area contributed by atoms with E-state index in [0.29, 0.717) is 0 Å². The molecule has 0 amide bonds. The Morgan fingerprint density at radius 3 is 1.88 bits per heavy atom. The summed E-state index contributed by atoms with van der Waals surface area (Å²) in [6.07, 6.45) is 0. The molecule has 0 bridgehead atoms. The monoisotopic (exact) mass is 139 g/mol. The maximum Gasteiger partial charge on any atom is 0.670 e. The van der Waals surface area contributed by atoms with Crippen LogP contribution in [-0.2, 0) is 13.4 Å². The third kappa shape index (κ3) is 4.18. The van der Waals surface area contributed by atoms with Crippen LogP contribution >= 0.6 is 8.25 Å². The average Bonchev–Trinajstić information content (AvgIpc) is 1.68. The minimum atomic E-state index is -2.69. The van der Waals surface area contributed by atoms with E-state index in [0.717, 1.165) is 0 Å². The quantitative estimate of drug-likeness (QED) is 0.424. The molecule has 0 heterocycles. The molecule has 0 aliphatic carbocycles. The van der Waals surface area contributed by atoms with Crippen molar-refractivity contribution in [3.63, 3.8) is 0 Å². The zero-order valence-corrected chi connectivity index (χ0v) is 4.48. The fraction of sp³-hybridized carbons (Fsp3) is 0. The second-order valence-corrected chi connectivity index (χ2v) is 1.48. The summed E-state index contributed by atoms with van der Waals surface area (Å²) in [5.41, 5.74) is 0. The summed E-state index contributed by atoms with van der Waals surface area (Å²) >= 11 is 0. The van der Waals surface area contributed by atoms with E-state index >= 15 is 0 Å². The molecule has 0 aliphatic heterocycles. The average molecular weight is 139 g/mol. The van der Waals surface area contributed by atoms with E-state index in [4.69, 9.17) is 0 Å². The lowest BCUT2D eigenvalue weighted by Crippen LogP contribution is -1.86. The Labute approximate surface area is 47.0 Å². The lowest BCUT2D eigenvalue weighted by molar-refractivity contribution is 0.409. The molecule has 0 unspecified atom stereocenters. The Hall–Kier alpha value is 0.00987. The first-order valence-corrected chi connectivity index (χ1v) is 2.55. The van der Waals surface area contributed by atoms with Crippen molar-refractivity contribution in [1.82, 2.24) is 0 Å². The van der Waals surface area contributed by atoms with Gasteiger partial charge in [0.1, 0.15) is 0 Å². The Morgan fingerprint density at radius 2 is 1.62 bits per heavy atom. The molecule has 0 N–H and O–H groups in total. The summed E-state index contributed by atoms with van der Waals surface area (Å²) < 4.78 is 38.5. The smallest absolute Gasteiger partial charge is 0.289 e. The molecule has 0 rings (SSSR count). The summed E-state index contributed by atoms with van der Waals surface area (Å²) in [5, 5.41) is 0. The van der Waals surface area contributed by atoms with E-state index in [-0.39, 0.29) is 15.5 Å². The first kappa shape index (κ1) is 8.01. The normalized spacial score (nSPS) is 8.25. The Kier molecular flexibility index (Phi) is 5.16. The molecular weight excluding hydrogens is 139 g/mol. The van der Waals surface area contributed by atoms with Crippen molar-refractivity contribution in [2.24, 2.45) is 0 Å². The molecule has 2 radical (unpaired) electrons. The van der Waals surface area contributed by atoms with Crippen LogP contribution in [0, 0.1) is 0 Å². The van der Waals surface area contributed by atoms with Crippen LogP contribution in [0.2, 0.25) is 0 Å². The van der Waals surface area contributed by atoms with Gasteiger partial charge in [-0.2, -0.15) is 0 Å². The van der Waals surface area contributed by atoms with Gasteiger partial charge in [-0.25, -0.2) is 0 Å². The van der Waals surface area contributed by atoms with Crippen molar-refractivity contribution in [1.29, 1.82) is 0 Å². The molecule has 8 heteroatoms. The van der Waals surface area contributed by atoms with Crippen molar-refractivity contribution < 1.29 is 22.1 Å². The molecule has 0 aromatic carbocycles. The van der Waals surface area contributed by atoms with Crippen molar-refractivity contribution in [3.8, 4) is 0 Å². The van der Waals surface area contributed by atoms with Crippen LogP contribution in [0.5, 0.6) is 0 Å². The fourth-order valence-corrected chi connectivity index (χ4v) is 0.270. The molecule has 0 saturated heterocycles. The van der Waals surface area contributed by atoms with Crippen LogP contribution < -0.4 is 0 Å². The maximum atomic E-state index is 10.8. The SMILES string of the molecule is O=[P+](O[B]F)O[B]F. The molecule has 0 aromatic heterocycles. The zero-order valence-electron chi connectivity index (χ0n) is 3.58. The van der Waals surface area contributed by atoms with Crippen molar-refractivity contribution in [2.45, 2.75) is 0 Å². The van der Waals surface area contributed by atoms with Crippen LogP contribution in [0.3, 0.4) is 0 Å². The van der Waals surface area contributed by atoms with E-state index in [9.17, 15) is 13.2 Å². The molecule has 42 valence electrons. The van der Waals surface area contributed by atoms with Gasteiger partial charge >= 0.3 is 23.8 Å². The second-order valence-electron chi connectivity index (χ2n) is 0.613. The highest BCUT2D eigenvalue weighted by Crippen LogP contribution is 2.21. The number of rotatable bonds is 4. The summed E-state index contributed by atoms with van der Waals surface area (Å²) in [4.78, 5) is 0. The van der Waals surface area contributed by atoms with Gasteiger partial charge in [0, 0.05) is 4.57 Å². The molecule has 0 spiro atoms. The highest BCUT2D eigenvalue weighted by molar-refractivity contribution is 7.35. The number of halogens is 2. The van der Waals surface area contributed by atoms with Gasteiger partial charge in [-0.3, -0.25) is 8.63 Å². The van der Waals surface area contributed by atoms with Crippen molar-refractivity contribution in [2.75, 3.05) is 0 Å². The van der Waals surface area contributed by atoms with Gasteiger partial charge in [-0.05, 0) is 0 Å². The first-order chi connectivity index (χ1) is 3.81. The number of hydrogen-bond donors (Lipinski definition) is 0. The van der Waals surface area contributed by atoms with Crippen molar-refractivity contribution >= 4 is 23.8 Å². The highest BCUT2D eigenvalue weighted by Gasteiger charge is 2.21. The summed E-state index contributed by atoms with van der Waals surface area (Å²) in [7, 11) is -3.38. The van der Waals surface area contributed by atoms with Gasteiger partial charge in [-0.15, -0.1) is 8.88 Å². The standard InChI is InChI=1S/B2F2O3P/c3-1-6-8(5)7-2-4/q+1. The molecular formula is B2F2O3P+. The molecule has 0 fully saturated rings. The fourth-order valence-electron chi connectivity index (χ4n) is 0.0899. The predicted octanol–water partition coefficient (Wildman–Crippen LogP) is 0.684. The third-order valence-electron chi connectivity index (χ3n) is 0.252. The molecule has 0 aliphatic rings. The Balaban J connectivity index is 3.06. The van der Waals surface area contributed by atoms with Gasteiger partial charge in [0.2, 0.25) is 0 Å². The van der Waals surface area contributed by atoms with Crippen LogP contribution in [-0.4, -0.2) is 15.5 Å². The van der Waals surface area contributed by atoms with Gasteiger partial charge in [0.25, 0.3) is 0 Å². The lowest BCUT2D eigenvalue weighted by Gasteiger charge is -1.72. The minimum absolute atomic E-state index is 0.345. The zero-order chi connectivity index (χ0) is 6.41. The third-order valence-corrected chi connectivity index (χ3v) is 0.755. The molecule has 3 nitrogen and oxygen atoms in total. The van der Waals surface area contributed by atoms with Crippen LogP contribution in [0.4, 0.5) is 8.63 Å². The van der Waals surface area contributed by atoms with Gasteiger partial charge < -0.3 is 0 Å². The second kappa shape index (κ2) is 5.15. The summed E-state index contributed by atoms with van der Waals surface area (Å²) in [6.45, 7) is 0. The predicted molar refractivity (Wildman–Crippen MR) is 23.5 cm³/mol. The van der Waals surface area contributed by atoms with Crippen LogP contribution in [0.15, 0.2) is 0 Å². The molecule has 8 heavy (non-hydrogen) atoms. The first-order valence-electron chi connectivity index (χ1n) is 1.46.